The smallest absolute Gasteiger partial charge is 0.123 e. The van der Waals surface area contributed by atoms with E-state index in [9.17, 15) is 8.78 Å². The Hall–Kier alpha value is -1.94. The molecule has 2 rings (SSSR count). The van der Waals surface area contributed by atoms with Gasteiger partial charge in [-0.1, -0.05) is 12.1 Å². The number of ether oxygens (including phenoxy) is 1. The average molecular weight is 277 g/mol. The summed E-state index contributed by atoms with van der Waals surface area (Å²) in [5.41, 5.74) is 1.56. The van der Waals surface area contributed by atoms with Gasteiger partial charge in [0.05, 0.1) is 7.11 Å². The predicted octanol–water partition coefficient (Wildman–Crippen LogP) is 3.48. The van der Waals surface area contributed by atoms with Gasteiger partial charge >= 0.3 is 0 Å². The first-order chi connectivity index (χ1) is 9.63. The molecule has 106 valence electrons. The van der Waals surface area contributed by atoms with E-state index in [0.29, 0.717) is 12.2 Å². The summed E-state index contributed by atoms with van der Waals surface area (Å²) in [6.07, 6.45) is 0.550. The van der Waals surface area contributed by atoms with Gasteiger partial charge in [0.25, 0.3) is 0 Å². The van der Waals surface area contributed by atoms with Gasteiger partial charge in [0.15, 0.2) is 0 Å². The van der Waals surface area contributed by atoms with E-state index in [2.05, 4.69) is 5.32 Å². The number of likely N-dealkylation sites (N-methyl/N-ethyl adjacent to an activating group) is 1. The highest BCUT2D eigenvalue weighted by molar-refractivity contribution is 5.37. The van der Waals surface area contributed by atoms with Crippen LogP contribution in [0.2, 0.25) is 0 Å². The minimum absolute atomic E-state index is 0.151. The SMILES string of the molecule is CNC(Cc1cccc(F)c1)c1cc(F)ccc1OC. The number of hydrogen-bond donors (Lipinski definition) is 1. The molecule has 0 aliphatic rings. The molecule has 2 nitrogen and oxygen atoms in total. The van der Waals surface area contributed by atoms with Gasteiger partial charge in [-0.25, -0.2) is 8.78 Å². The highest BCUT2D eigenvalue weighted by atomic mass is 19.1. The fraction of sp³-hybridized carbons (Fsp3) is 0.250. The van der Waals surface area contributed by atoms with Crippen LogP contribution in [0.3, 0.4) is 0 Å². The molecule has 0 fully saturated rings. The molecule has 1 N–H and O–H groups in total. The zero-order valence-corrected chi connectivity index (χ0v) is 11.5. The maximum Gasteiger partial charge on any atom is 0.123 e. The van der Waals surface area contributed by atoms with Crippen LogP contribution in [0, 0.1) is 11.6 Å². The third-order valence-electron chi connectivity index (χ3n) is 3.24. The zero-order chi connectivity index (χ0) is 14.5. The Kier molecular flexibility index (Phi) is 4.69. The van der Waals surface area contributed by atoms with E-state index in [4.69, 9.17) is 4.74 Å². The highest BCUT2D eigenvalue weighted by Gasteiger charge is 2.16. The normalized spacial score (nSPS) is 12.2. The van der Waals surface area contributed by atoms with Crippen molar-refractivity contribution in [3.8, 4) is 5.75 Å². The van der Waals surface area contributed by atoms with Crippen LogP contribution in [0.4, 0.5) is 8.78 Å². The van der Waals surface area contributed by atoms with Crippen molar-refractivity contribution in [1.29, 1.82) is 0 Å². The van der Waals surface area contributed by atoms with Crippen LogP contribution in [0.15, 0.2) is 42.5 Å². The molecule has 0 aliphatic carbocycles. The molecule has 0 amide bonds. The predicted molar refractivity (Wildman–Crippen MR) is 74.9 cm³/mol. The van der Waals surface area contributed by atoms with E-state index < -0.39 is 0 Å². The molecule has 2 aromatic carbocycles. The molecule has 4 heteroatoms. The molecule has 1 atom stereocenters. The maximum atomic E-state index is 13.4. The van der Waals surface area contributed by atoms with Crippen LogP contribution >= 0.6 is 0 Å². The first-order valence-corrected chi connectivity index (χ1v) is 6.39. The summed E-state index contributed by atoms with van der Waals surface area (Å²) in [5.74, 6) is 0.0194. The monoisotopic (exact) mass is 277 g/mol. The Bertz CT molecular complexity index is 586. The molecule has 20 heavy (non-hydrogen) atoms. The lowest BCUT2D eigenvalue weighted by molar-refractivity contribution is 0.399. The van der Waals surface area contributed by atoms with Gasteiger partial charge in [-0.2, -0.15) is 0 Å². The standard InChI is InChI=1S/C16H17F2NO/c1-19-15(9-11-4-3-5-12(17)8-11)14-10-13(18)6-7-16(14)20-2/h3-8,10,15,19H,9H2,1-2H3. The summed E-state index contributed by atoms with van der Waals surface area (Å²) < 4.78 is 31.9. The van der Waals surface area contributed by atoms with E-state index in [1.807, 2.05) is 6.07 Å². The summed E-state index contributed by atoms with van der Waals surface area (Å²) in [6, 6.07) is 10.6. The molecular formula is C16H17F2NO. The number of halogens is 2. The van der Waals surface area contributed by atoms with Crippen LogP contribution < -0.4 is 10.1 Å². The van der Waals surface area contributed by atoms with Crippen molar-refractivity contribution < 1.29 is 13.5 Å². The Morgan fingerprint density at radius 3 is 2.50 bits per heavy atom. The molecule has 0 aliphatic heterocycles. The average Bonchev–Trinajstić information content (AvgIpc) is 2.45. The molecule has 0 saturated carbocycles. The van der Waals surface area contributed by atoms with Crippen molar-refractivity contribution in [3.05, 3.63) is 65.2 Å². The Morgan fingerprint density at radius 1 is 1.10 bits per heavy atom. The molecule has 0 heterocycles. The lowest BCUT2D eigenvalue weighted by atomic mass is 9.98. The van der Waals surface area contributed by atoms with Crippen molar-refractivity contribution >= 4 is 0 Å². The summed E-state index contributed by atoms with van der Waals surface area (Å²) in [4.78, 5) is 0. The molecule has 0 spiro atoms. The minimum Gasteiger partial charge on any atom is -0.496 e. The third kappa shape index (κ3) is 3.33. The molecule has 0 radical (unpaired) electrons. The maximum absolute atomic E-state index is 13.4. The first-order valence-electron chi connectivity index (χ1n) is 6.39. The lowest BCUT2D eigenvalue weighted by Crippen LogP contribution is -2.20. The van der Waals surface area contributed by atoms with E-state index in [1.54, 1.807) is 26.3 Å². The summed E-state index contributed by atoms with van der Waals surface area (Å²) in [6.45, 7) is 0. The Morgan fingerprint density at radius 2 is 1.85 bits per heavy atom. The van der Waals surface area contributed by atoms with E-state index >= 15 is 0 Å². The van der Waals surface area contributed by atoms with Gasteiger partial charge in [0.1, 0.15) is 17.4 Å². The fourth-order valence-electron chi connectivity index (χ4n) is 2.24. The number of methoxy groups -OCH3 is 1. The second-order valence-electron chi connectivity index (χ2n) is 4.56. The first kappa shape index (κ1) is 14.5. The fourth-order valence-corrected chi connectivity index (χ4v) is 2.24. The summed E-state index contributed by atoms with van der Waals surface area (Å²) in [7, 11) is 3.33. The molecule has 0 saturated heterocycles. The van der Waals surface area contributed by atoms with Crippen molar-refractivity contribution in [2.45, 2.75) is 12.5 Å². The van der Waals surface area contributed by atoms with Crippen molar-refractivity contribution in [1.82, 2.24) is 5.32 Å². The van der Waals surface area contributed by atoms with Crippen LogP contribution in [-0.2, 0) is 6.42 Å². The van der Waals surface area contributed by atoms with Crippen LogP contribution in [0.25, 0.3) is 0 Å². The topological polar surface area (TPSA) is 21.3 Å². The molecule has 0 aromatic heterocycles. The van der Waals surface area contributed by atoms with Gasteiger partial charge in [0.2, 0.25) is 0 Å². The molecule has 0 bridgehead atoms. The Balaban J connectivity index is 2.30. The molecule has 1 unspecified atom stereocenters. The van der Waals surface area contributed by atoms with Gasteiger partial charge in [0, 0.05) is 11.6 Å². The van der Waals surface area contributed by atoms with Crippen molar-refractivity contribution in [2.24, 2.45) is 0 Å². The number of benzene rings is 2. The number of rotatable bonds is 5. The minimum atomic E-state index is -0.319. The quantitative estimate of drug-likeness (QED) is 0.903. The van der Waals surface area contributed by atoms with E-state index in [0.717, 1.165) is 11.1 Å². The lowest BCUT2D eigenvalue weighted by Gasteiger charge is -2.19. The second kappa shape index (κ2) is 6.48. The van der Waals surface area contributed by atoms with Crippen LogP contribution in [0.5, 0.6) is 5.75 Å². The number of nitrogens with one attached hydrogen (secondary N) is 1. The van der Waals surface area contributed by atoms with Crippen LogP contribution in [-0.4, -0.2) is 14.2 Å². The number of hydrogen-bond acceptors (Lipinski definition) is 2. The van der Waals surface area contributed by atoms with Crippen molar-refractivity contribution in [2.75, 3.05) is 14.2 Å². The van der Waals surface area contributed by atoms with E-state index in [1.165, 1.54) is 24.3 Å². The second-order valence-corrected chi connectivity index (χ2v) is 4.56. The Labute approximate surface area is 117 Å². The summed E-state index contributed by atoms with van der Waals surface area (Å²) in [5, 5.41) is 3.12. The van der Waals surface area contributed by atoms with Gasteiger partial charge in [-0.05, 0) is 49.4 Å². The zero-order valence-electron chi connectivity index (χ0n) is 11.5. The molecular weight excluding hydrogens is 260 g/mol. The van der Waals surface area contributed by atoms with Crippen molar-refractivity contribution in [3.63, 3.8) is 0 Å². The van der Waals surface area contributed by atoms with Gasteiger partial charge in [-0.15, -0.1) is 0 Å². The van der Waals surface area contributed by atoms with Gasteiger partial charge in [-0.3, -0.25) is 0 Å². The molecule has 2 aromatic rings. The van der Waals surface area contributed by atoms with Gasteiger partial charge < -0.3 is 10.1 Å². The largest absolute Gasteiger partial charge is 0.496 e. The highest BCUT2D eigenvalue weighted by Crippen LogP contribution is 2.28. The summed E-state index contributed by atoms with van der Waals surface area (Å²) >= 11 is 0. The third-order valence-corrected chi connectivity index (χ3v) is 3.24. The van der Waals surface area contributed by atoms with E-state index in [-0.39, 0.29) is 17.7 Å². The van der Waals surface area contributed by atoms with Crippen LogP contribution in [0.1, 0.15) is 17.2 Å².